The highest BCUT2D eigenvalue weighted by Gasteiger charge is 2.20. The molecule has 1 heterocycles. The summed E-state index contributed by atoms with van der Waals surface area (Å²) >= 11 is 35.8. The monoisotopic (exact) mass is 375 g/mol. The van der Waals surface area contributed by atoms with Crippen LogP contribution in [0.4, 0.5) is 0 Å². The molecule has 0 atom stereocenters. The molecule has 0 aliphatic carbocycles. The highest BCUT2D eigenvalue weighted by Crippen LogP contribution is 2.48. The Morgan fingerprint density at radius 3 is 1.68 bits per heavy atom. The Balaban J connectivity index is 2.86. The van der Waals surface area contributed by atoms with Crippen LogP contribution in [0, 0.1) is 0 Å². The smallest absolute Gasteiger partial charge is 0.249 e. The number of rotatable bonds is 1. The van der Waals surface area contributed by atoms with Crippen LogP contribution in [-0.2, 0) is 0 Å². The molecule has 100 valence electrons. The predicted octanol–water partition coefficient (Wildman–Crippen LogP) is 5.96. The average Bonchev–Trinajstić information content (AvgIpc) is 2.33. The minimum absolute atomic E-state index is 0.0537. The Hall–Kier alpha value is -0.0900. The van der Waals surface area contributed by atoms with E-state index in [4.69, 9.17) is 69.6 Å². The lowest BCUT2D eigenvalue weighted by molar-refractivity contribution is 1.24. The summed E-state index contributed by atoms with van der Waals surface area (Å²) < 4.78 is 0. The van der Waals surface area contributed by atoms with Gasteiger partial charge in [-0.05, 0) is 11.6 Å². The minimum Gasteiger partial charge on any atom is -0.313 e. The number of benzene rings is 1. The molecule has 0 bridgehead atoms. The van der Waals surface area contributed by atoms with Crippen molar-refractivity contribution in [2.24, 2.45) is 0 Å². The fourth-order valence-electron chi connectivity index (χ4n) is 1.51. The van der Waals surface area contributed by atoms with Crippen LogP contribution >= 0.6 is 69.6 Å². The molecule has 2 nitrogen and oxygen atoms in total. The highest BCUT2D eigenvalue weighted by atomic mass is 35.5. The molecule has 19 heavy (non-hydrogen) atoms. The van der Waals surface area contributed by atoms with Gasteiger partial charge in [-0.25, -0.2) is 0 Å². The second-order valence-electron chi connectivity index (χ2n) is 3.53. The van der Waals surface area contributed by atoms with Crippen molar-refractivity contribution in [3.05, 3.63) is 52.8 Å². The number of hydrogen-bond acceptors (Lipinski definition) is 1. The summed E-state index contributed by atoms with van der Waals surface area (Å²) in [5.41, 5.74) is 0.289. The maximum Gasteiger partial charge on any atom is 0.249 e. The third-order valence-electron chi connectivity index (χ3n) is 2.31. The van der Waals surface area contributed by atoms with E-state index >= 15 is 0 Å². The highest BCUT2D eigenvalue weighted by molar-refractivity contribution is 6.56. The second-order valence-corrected chi connectivity index (χ2v) is 5.82. The molecule has 1 aromatic heterocycles. The molecule has 1 aromatic carbocycles. The van der Waals surface area contributed by atoms with Gasteiger partial charge in [0, 0.05) is 11.6 Å². The van der Waals surface area contributed by atoms with Gasteiger partial charge in [0.05, 0.1) is 25.1 Å². The molecule has 8 heteroatoms. The van der Waals surface area contributed by atoms with Crippen molar-refractivity contribution in [3.8, 4) is 11.1 Å². The zero-order valence-electron chi connectivity index (χ0n) is 8.83. The van der Waals surface area contributed by atoms with E-state index in [1.54, 1.807) is 0 Å². The van der Waals surface area contributed by atoms with Crippen LogP contribution < -0.4 is 5.56 Å². The van der Waals surface area contributed by atoms with Gasteiger partial charge in [0.25, 0.3) is 0 Å². The first-order valence-electron chi connectivity index (χ1n) is 4.74. The van der Waals surface area contributed by atoms with E-state index in [1.165, 1.54) is 12.1 Å². The summed E-state index contributed by atoms with van der Waals surface area (Å²) in [7, 11) is 0. The maximum atomic E-state index is 11.4. The molecule has 0 saturated heterocycles. The molecule has 0 aliphatic rings. The zero-order valence-corrected chi connectivity index (χ0v) is 13.4. The lowest BCUT2D eigenvalue weighted by Gasteiger charge is -2.12. The van der Waals surface area contributed by atoms with Crippen LogP contribution in [0.1, 0.15) is 0 Å². The van der Waals surface area contributed by atoms with Gasteiger partial charge in [-0.2, -0.15) is 0 Å². The van der Waals surface area contributed by atoms with Crippen molar-refractivity contribution >= 4 is 69.6 Å². The summed E-state index contributed by atoms with van der Waals surface area (Å²) in [6.07, 6.45) is 0. The molecule has 0 aliphatic heterocycles. The van der Waals surface area contributed by atoms with Crippen molar-refractivity contribution in [1.82, 2.24) is 4.98 Å². The zero-order chi connectivity index (χ0) is 14.3. The lowest BCUT2D eigenvalue weighted by Crippen LogP contribution is -2.04. The van der Waals surface area contributed by atoms with Crippen LogP contribution in [-0.4, -0.2) is 4.98 Å². The standard InChI is InChI=1S/C11H3Cl6NO/c12-4-1-3(2-5(19)18-4)6-7(13)9(15)11(17)10(16)8(6)14/h1-2H,(H,18,19). The first-order chi connectivity index (χ1) is 8.82. The van der Waals surface area contributed by atoms with Gasteiger partial charge < -0.3 is 4.98 Å². The number of nitrogens with one attached hydrogen (secondary N) is 1. The van der Waals surface area contributed by atoms with E-state index in [0.29, 0.717) is 11.1 Å². The molecular weight excluding hydrogens is 375 g/mol. The Labute approximate surface area is 138 Å². The summed E-state index contributed by atoms with van der Waals surface area (Å²) in [4.78, 5) is 13.8. The number of hydrogen-bond donors (Lipinski definition) is 1. The minimum atomic E-state index is -0.406. The molecular formula is C11H3Cl6NO. The predicted molar refractivity (Wildman–Crippen MR) is 82.6 cm³/mol. The van der Waals surface area contributed by atoms with Crippen molar-refractivity contribution in [3.63, 3.8) is 0 Å². The van der Waals surface area contributed by atoms with Crippen LogP contribution in [0.3, 0.4) is 0 Å². The first kappa shape index (κ1) is 15.3. The van der Waals surface area contributed by atoms with Gasteiger partial charge in [-0.1, -0.05) is 69.6 Å². The Kier molecular flexibility index (Phi) is 4.61. The largest absolute Gasteiger partial charge is 0.313 e. The SMILES string of the molecule is O=c1cc(-c2c(Cl)c(Cl)c(Cl)c(Cl)c2Cl)cc(Cl)[nH]1. The van der Waals surface area contributed by atoms with E-state index in [9.17, 15) is 4.79 Å². The van der Waals surface area contributed by atoms with E-state index in [2.05, 4.69) is 4.98 Å². The number of halogens is 6. The van der Waals surface area contributed by atoms with Crippen molar-refractivity contribution in [2.45, 2.75) is 0 Å². The molecule has 1 N–H and O–H groups in total. The van der Waals surface area contributed by atoms with E-state index < -0.39 is 5.56 Å². The summed E-state index contributed by atoms with van der Waals surface area (Å²) in [5.74, 6) is 0. The van der Waals surface area contributed by atoms with Crippen LogP contribution in [0.2, 0.25) is 30.3 Å². The Morgan fingerprint density at radius 2 is 1.21 bits per heavy atom. The normalized spacial score (nSPS) is 10.8. The van der Waals surface area contributed by atoms with Gasteiger partial charge in [0.15, 0.2) is 0 Å². The van der Waals surface area contributed by atoms with E-state index in [0.717, 1.165) is 0 Å². The third kappa shape index (κ3) is 2.85. The van der Waals surface area contributed by atoms with Crippen LogP contribution in [0.5, 0.6) is 0 Å². The Bertz CT molecular complexity index is 695. The molecule has 0 unspecified atom stereocenters. The van der Waals surface area contributed by atoms with E-state index in [-0.39, 0.29) is 30.3 Å². The summed E-state index contributed by atoms with van der Waals surface area (Å²) in [6.45, 7) is 0. The average molecular weight is 378 g/mol. The van der Waals surface area contributed by atoms with Gasteiger partial charge >= 0.3 is 0 Å². The van der Waals surface area contributed by atoms with Gasteiger partial charge in [-0.15, -0.1) is 0 Å². The number of aromatic nitrogens is 1. The molecule has 0 amide bonds. The van der Waals surface area contributed by atoms with Crippen molar-refractivity contribution in [1.29, 1.82) is 0 Å². The quantitative estimate of drug-likeness (QED) is 0.371. The van der Waals surface area contributed by atoms with Gasteiger partial charge in [-0.3, -0.25) is 4.79 Å². The fraction of sp³-hybridized carbons (Fsp3) is 0. The van der Waals surface area contributed by atoms with Crippen molar-refractivity contribution < 1.29 is 0 Å². The first-order valence-corrected chi connectivity index (χ1v) is 7.01. The molecule has 0 saturated carbocycles. The van der Waals surface area contributed by atoms with Crippen LogP contribution in [0.15, 0.2) is 16.9 Å². The molecule has 2 rings (SSSR count). The van der Waals surface area contributed by atoms with E-state index in [1.807, 2.05) is 0 Å². The summed E-state index contributed by atoms with van der Waals surface area (Å²) in [5, 5.41) is 0.508. The maximum absolute atomic E-state index is 11.4. The molecule has 2 aromatic rings. The Morgan fingerprint density at radius 1 is 0.737 bits per heavy atom. The number of pyridine rings is 1. The molecule has 0 fully saturated rings. The molecule has 0 spiro atoms. The second kappa shape index (κ2) is 5.72. The summed E-state index contributed by atoms with van der Waals surface area (Å²) in [6, 6.07) is 2.76. The fourth-order valence-corrected chi connectivity index (χ4v) is 3.08. The number of H-pyrrole nitrogens is 1. The molecule has 0 radical (unpaired) electrons. The topological polar surface area (TPSA) is 32.9 Å². The van der Waals surface area contributed by atoms with Gasteiger partial charge in [0.1, 0.15) is 5.15 Å². The van der Waals surface area contributed by atoms with Crippen LogP contribution in [0.25, 0.3) is 11.1 Å². The van der Waals surface area contributed by atoms with Crippen molar-refractivity contribution in [2.75, 3.05) is 0 Å². The lowest BCUT2D eigenvalue weighted by atomic mass is 10.1. The van der Waals surface area contributed by atoms with Gasteiger partial charge in [0.2, 0.25) is 5.56 Å². The number of aromatic amines is 1. The third-order valence-corrected chi connectivity index (χ3v) is 4.79.